The first-order chi connectivity index (χ1) is 9.94. The summed E-state index contributed by atoms with van der Waals surface area (Å²) < 4.78 is 5.05. The largest absolute Gasteiger partial charge is 0.480 e. The molecule has 0 aliphatic carbocycles. The Morgan fingerprint density at radius 2 is 1.90 bits per heavy atom. The molecule has 0 saturated carbocycles. The Morgan fingerprint density at radius 1 is 1.29 bits per heavy atom. The van der Waals surface area contributed by atoms with Crippen LogP contribution in [0.1, 0.15) is 69.1 Å². The van der Waals surface area contributed by atoms with Gasteiger partial charge in [0.05, 0.1) is 5.69 Å². The minimum atomic E-state index is -1.04. The Kier molecular flexibility index (Phi) is 6.39. The van der Waals surface area contributed by atoms with Crippen LogP contribution < -0.4 is 5.32 Å². The second-order valence-corrected chi connectivity index (χ2v) is 5.30. The predicted molar refractivity (Wildman–Crippen MR) is 78.2 cm³/mol. The van der Waals surface area contributed by atoms with Crippen molar-refractivity contribution in [1.29, 1.82) is 0 Å². The molecule has 1 heterocycles. The molecule has 6 nitrogen and oxygen atoms in total. The lowest BCUT2D eigenvalue weighted by Crippen LogP contribution is -2.44. The van der Waals surface area contributed by atoms with Crippen LogP contribution >= 0.6 is 0 Å². The number of carbonyl (C=O) groups excluding carboxylic acids is 1. The molecule has 0 bridgehead atoms. The summed E-state index contributed by atoms with van der Waals surface area (Å²) >= 11 is 0. The fraction of sp³-hybridized carbons (Fsp3) is 0.667. The van der Waals surface area contributed by atoms with Crippen LogP contribution in [0.15, 0.2) is 10.6 Å². The molecule has 1 rings (SSSR count). The normalized spacial score (nSPS) is 14.0. The van der Waals surface area contributed by atoms with Crippen LogP contribution in [0.4, 0.5) is 0 Å². The average Bonchev–Trinajstić information content (AvgIpc) is 2.94. The molecular weight excluding hydrogens is 272 g/mol. The van der Waals surface area contributed by atoms with Gasteiger partial charge >= 0.3 is 5.97 Å². The van der Waals surface area contributed by atoms with Gasteiger partial charge in [-0.2, -0.15) is 0 Å². The minimum absolute atomic E-state index is 0.0615. The van der Waals surface area contributed by atoms with Crippen molar-refractivity contribution in [2.24, 2.45) is 5.92 Å². The number of nitrogens with zero attached hydrogens (tertiary/aromatic N) is 1. The van der Waals surface area contributed by atoms with Gasteiger partial charge in [0.25, 0.3) is 5.91 Å². The molecule has 0 saturated heterocycles. The van der Waals surface area contributed by atoms with Crippen LogP contribution in [-0.4, -0.2) is 28.2 Å². The van der Waals surface area contributed by atoms with E-state index in [0.717, 1.165) is 18.5 Å². The van der Waals surface area contributed by atoms with Crippen molar-refractivity contribution in [2.75, 3.05) is 0 Å². The third-order valence-corrected chi connectivity index (χ3v) is 3.92. The number of carbonyl (C=O) groups is 2. The van der Waals surface area contributed by atoms with Crippen molar-refractivity contribution in [3.8, 4) is 0 Å². The molecule has 118 valence electrons. The number of amides is 1. The molecule has 21 heavy (non-hydrogen) atoms. The molecule has 0 aliphatic rings. The van der Waals surface area contributed by atoms with E-state index in [1.54, 1.807) is 13.0 Å². The zero-order valence-electron chi connectivity index (χ0n) is 13.0. The van der Waals surface area contributed by atoms with Crippen molar-refractivity contribution in [2.45, 2.75) is 58.9 Å². The lowest BCUT2D eigenvalue weighted by molar-refractivity contribution is -0.140. The maximum absolute atomic E-state index is 12.1. The zero-order chi connectivity index (χ0) is 16.0. The third-order valence-electron chi connectivity index (χ3n) is 3.92. The van der Waals surface area contributed by atoms with Gasteiger partial charge in [0.2, 0.25) is 5.76 Å². The first-order valence-corrected chi connectivity index (χ1v) is 7.44. The van der Waals surface area contributed by atoms with E-state index in [0.29, 0.717) is 6.42 Å². The summed E-state index contributed by atoms with van der Waals surface area (Å²) in [5.74, 6) is -1.43. The number of hydrogen-bond acceptors (Lipinski definition) is 4. The van der Waals surface area contributed by atoms with Crippen LogP contribution in [0.25, 0.3) is 0 Å². The molecule has 0 aliphatic heterocycles. The van der Waals surface area contributed by atoms with Crippen LogP contribution in [0.3, 0.4) is 0 Å². The summed E-state index contributed by atoms with van der Waals surface area (Å²) in [5.41, 5.74) is 0.737. The molecule has 0 fully saturated rings. The topological polar surface area (TPSA) is 92.4 Å². The molecule has 1 aromatic rings. The highest BCUT2D eigenvalue weighted by Gasteiger charge is 2.27. The molecule has 1 aromatic heterocycles. The van der Waals surface area contributed by atoms with E-state index >= 15 is 0 Å². The van der Waals surface area contributed by atoms with Gasteiger partial charge in [0.15, 0.2) is 0 Å². The molecule has 1 amide bonds. The van der Waals surface area contributed by atoms with Crippen molar-refractivity contribution >= 4 is 11.9 Å². The Labute approximate surface area is 124 Å². The van der Waals surface area contributed by atoms with Gasteiger partial charge < -0.3 is 14.9 Å². The molecule has 0 aromatic carbocycles. The summed E-state index contributed by atoms with van der Waals surface area (Å²) in [4.78, 5) is 23.3. The van der Waals surface area contributed by atoms with Gasteiger partial charge in [0, 0.05) is 12.0 Å². The molecule has 2 atom stereocenters. The number of rotatable bonds is 8. The first-order valence-electron chi connectivity index (χ1n) is 7.44. The Morgan fingerprint density at radius 3 is 2.38 bits per heavy atom. The number of hydrogen-bond donors (Lipinski definition) is 2. The Hall–Kier alpha value is -1.85. The fourth-order valence-electron chi connectivity index (χ4n) is 2.19. The second kappa shape index (κ2) is 7.81. The number of carboxylic acids is 1. The highest BCUT2D eigenvalue weighted by molar-refractivity contribution is 5.94. The standard InChI is InChI=1S/C15H24N2O4/c1-5-9(4)13(15(19)20)16-14(18)12-8-11(17-21-12)10(6-2)7-3/h8-10,13H,5-7H2,1-4H3,(H,16,18)(H,19,20)/t9-,13-/m0/s1. The summed E-state index contributed by atoms with van der Waals surface area (Å²) in [6.45, 7) is 7.76. The number of aromatic nitrogens is 1. The van der Waals surface area contributed by atoms with Gasteiger partial charge in [-0.15, -0.1) is 0 Å². The summed E-state index contributed by atoms with van der Waals surface area (Å²) in [6, 6.07) is 0.673. The lowest BCUT2D eigenvalue weighted by atomic mass is 9.98. The van der Waals surface area contributed by atoms with E-state index in [4.69, 9.17) is 4.52 Å². The maximum Gasteiger partial charge on any atom is 0.326 e. The van der Waals surface area contributed by atoms with Crippen molar-refractivity contribution in [1.82, 2.24) is 10.5 Å². The van der Waals surface area contributed by atoms with Crippen LogP contribution in [-0.2, 0) is 4.79 Å². The van der Waals surface area contributed by atoms with Gasteiger partial charge in [-0.3, -0.25) is 4.79 Å². The summed E-state index contributed by atoms with van der Waals surface area (Å²) in [7, 11) is 0. The summed E-state index contributed by atoms with van der Waals surface area (Å²) in [5, 5.41) is 15.6. The van der Waals surface area contributed by atoms with Gasteiger partial charge in [0.1, 0.15) is 6.04 Å². The molecule has 0 radical (unpaired) electrons. The van der Waals surface area contributed by atoms with E-state index < -0.39 is 17.9 Å². The van der Waals surface area contributed by atoms with E-state index in [2.05, 4.69) is 10.5 Å². The van der Waals surface area contributed by atoms with Crippen molar-refractivity contribution in [3.63, 3.8) is 0 Å². The maximum atomic E-state index is 12.1. The van der Waals surface area contributed by atoms with Crippen LogP contribution in [0.5, 0.6) is 0 Å². The summed E-state index contributed by atoms with van der Waals surface area (Å²) in [6.07, 6.45) is 2.48. The minimum Gasteiger partial charge on any atom is -0.480 e. The monoisotopic (exact) mass is 296 g/mol. The molecule has 0 unspecified atom stereocenters. The quantitative estimate of drug-likeness (QED) is 0.769. The van der Waals surface area contributed by atoms with E-state index in [9.17, 15) is 14.7 Å². The SMILES string of the molecule is CCC(CC)c1cc(C(=O)N[C@H](C(=O)O)[C@@H](C)CC)on1. The van der Waals surface area contributed by atoms with Crippen molar-refractivity contribution < 1.29 is 19.2 Å². The zero-order valence-corrected chi connectivity index (χ0v) is 13.0. The predicted octanol–water partition coefficient (Wildman–Crippen LogP) is 2.81. The van der Waals surface area contributed by atoms with Gasteiger partial charge in [-0.25, -0.2) is 4.79 Å². The first kappa shape index (κ1) is 17.2. The third kappa shape index (κ3) is 4.31. The van der Waals surface area contributed by atoms with Crippen molar-refractivity contribution in [3.05, 3.63) is 17.5 Å². The second-order valence-electron chi connectivity index (χ2n) is 5.30. The van der Waals surface area contributed by atoms with E-state index in [1.807, 2.05) is 20.8 Å². The molecule has 6 heteroatoms. The Balaban J connectivity index is 2.81. The number of carboxylic acid groups (broad SMARTS) is 1. The Bertz CT molecular complexity index is 480. The molecular formula is C15H24N2O4. The van der Waals surface area contributed by atoms with Gasteiger partial charge in [-0.05, 0) is 18.8 Å². The van der Waals surface area contributed by atoms with Gasteiger partial charge in [-0.1, -0.05) is 39.3 Å². The lowest BCUT2D eigenvalue weighted by Gasteiger charge is -2.19. The van der Waals surface area contributed by atoms with Crippen LogP contribution in [0, 0.1) is 5.92 Å². The van der Waals surface area contributed by atoms with Crippen LogP contribution in [0.2, 0.25) is 0 Å². The average molecular weight is 296 g/mol. The van der Waals surface area contributed by atoms with E-state index in [1.165, 1.54) is 0 Å². The van der Waals surface area contributed by atoms with E-state index in [-0.39, 0.29) is 17.6 Å². The smallest absolute Gasteiger partial charge is 0.326 e. The highest BCUT2D eigenvalue weighted by atomic mass is 16.5. The fourth-order valence-corrected chi connectivity index (χ4v) is 2.19. The number of aliphatic carboxylic acids is 1. The highest BCUT2D eigenvalue weighted by Crippen LogP contribution is 2.22. The molecule has 2 N–H and O–H groups in total. The molecule has 0 spiro atoms. The number of nitrogens with one attached hydrogen (secondary N) is 1.